The lowest BCUT2D eigenvalue weighted by Gasteiger charge is -2.26. The molecule has 0 bridgehead atoms. The molecule has 0 radical (unpaired) electrons. The molecule has 0 saturated carbocycles. The fourth-order valence-corrected chi connectivity index (χ4v) is 1.99. The summed E-state index contributed by atoms with van der Waals surface area (Å²) in [4.78, 5) is 2.35. The maximum absolute atomic E-state index is 7.32. The smallest absolute Gasteiger partial charge is 0.122 e. The van der Waals surface area contributed by atoms with E-state index >= 15 is 0 Å². The number of nitrogens with two attached hydrogens (primary N) is 1. The normalized spacial score (nSPS) is 15.6. The largest absolute Gasteiger partial charge is 0.384 e. The van der Waals surface area contributed by atoms with Crippen molar-refractivity contribution < 1.29 is 9.47 Å². The van der Waals surface area contributed by atoms with Gasteiger partial charge in [0.1, 0.15) is 5.84 Å². The zero-order valence-electron chi connectivity index (χ0n) is 11.5. The van der Waals surface area contributed by atoms with E-state index < -0.39 is 0 Å². The quantitative estimate of drug-likeness (QED) is 0.471. The van der Waals surface area contributed by atoms with Crippen molar-refractivity contribution in [3.8, 4) is 0 Å². The van der Waals surface area contributed by atoms with Crippen LogP contribution in [0.2, 0.25) is 0 Å². The Hall–Kier alpha value is -1.14. The number of halogens is 1. The number of morpholine rings is 1. The summed E-state index contributed by atoms with van der Waals surface area (Å²) in [5.41, 5.74) is 7.26. The maximum Gasteiger partial charge on any atom is 0.122 e. The van der Waals surface area contributed by atoms with E-state index in [2.05, 4.69) is 4.90 Å². The Bertz CT molecular complexity index is 405. The monoisotopic (exact) mass is 299 g/mol. The molecule has 5 nitrogen and oxygen atoms in total. The first kappa shape index (κ1) is 16.9. The van der Waals surface area contributed by atoms with E-state index in [1.165, 1.54) is 0 Å². The van der Waals surface area contributed by atoms with Gasteiger partial charge in [0.15, 0.2) is 0 Å². The summed E-state index contributed by atoms with van der Waals surface area (Å²) in [5, 5.41) is 7.32. The van der Waals surface area contributed by atoms with E-state index in [1.54, 1.807) is 0 Å². The summed E-state index contributed by atoms with van der Waals surface area (Å²) in [6.07, 6.45) is 0. The zero-order chi connectivity index (χ0) is 13.5. The van der Waals surface area contributed by atoms with Gasteiger partial charge in [-0.05, 0) is 5.56 Å². The lowest BCUT2D eigenvalue weighted by atomic mass is 10.1. The molecule has 112 valence electrons. The van der Waals surface area contributed by atoms with E-state index in [-0.39, 0.29) is 18.2 Å². The third-order valence-electron chi connectivity index (χ3n) is 3.19. The molecular weight excluding hydrogens is 278 g/mol. The van der Waals surface area contributed by atoms with Gasteiger partial charge in [-0.1, -0.05) is 24.3 Å². The van der Waals surface area contributed by atoms with Crippen molar-refractivity contribution in [1.29, 1.82) is 5.41 Å². The number of amidine groups is 1. The second kappa shape index (κ2) is 8.92. The Morgan fingerprint density at radius 3 is 2.50 bits per heavy atom. The molecule has 1 fully saturated rings. The van der Waals surface area contributed by atoms with Gasteiger partial charge in [-0.3, -0.25) is 10.3 Å². The Kier molecular flexibility index (Phi) is 7.54. The summed E-state index contributed by atoms with van der Waals surface area (Å²) < 4.78 is 11.0. The van der Waals surface area contributed by atoms with Crippen LogP contribution < -0.4 is 5.73 Å². The molecule has 0 aliphatic carbocycles. The van der Waals surface area contributed by atoms with Crippen molar-refractivity contribution >= 4 is 18.2 Å². The molecule has 0 atom stereocenters. The van der Waals surface area contributed by atoms with Crippen LogP contribution in [-0.2, 0) is 16.1 Å². The Labute approximate surface area is 126 Å². The second-order valence-corrected chi connectivity index (χ2v) is 4.62. The summed E-state index contributed by atoms with van der Waals surface area (Å²) in [6, 6.07) is 7.60. The lowest BCUT2D eigenvalue weighted by Crippen LogP contribution is -2.38. The predicted molar refractivity (Wildman–Crippen MR) is 81.6 cm³/mol. The molecule has 0 aromatic heterocycles. The molecular formula is C14H22ClN3O2. The number of nitrogen functional groups attached to an aromatic ring is 1. The number of rotatable bonds is 6. The molecule has 1 aromatic carbocycles. The fourth-order valence-electron chi connectivity index (χ4n) is 1.99. The number of ether oxygens (including phenoxy) is 2. The molecule has 0 amide bonds. The van der Waals surface area contributed by atoms with Gasteiger partial charge in [0, 0.05) is 25.2 Å². The lowest BCUT2D eigenvalue weighted by molar-refractivity contribution is 0.0180. The van der Waals surface area contributed by atoms with E-state index in [4.69, 9.17) is 20.6 Å². The number of benzene rings is 1. The van der Waals surface area contributed by atoms with Gasteiger partial charge in [0.2, 0.25) is 0 Å². The van der Waals surface area contributed by atoms with Crippen LogP contribution in [0.15, 0.2) is 24.3 Å². The summed E-state index contributed by atoms with van der Waals surface area (Å²) in [6.45, 7) is 5.93. The minimum absolute atomic E-state index is 0. The highest BCUT2D eigenvalue weighted by atomic mass is 35.5. The van der Waals surface area contributed by atoms with Gasteiger partial charge < -0.3 is 15.2 Å². The average Bonchev–Trinajstić information content (AvgIpc) is 2.45. The van der Waals surface area contributed by atoms with Crippen LogP contribution in [0.4, 0.5) is 0 Å². The maximum atomic E-state index is 7.32. The van der Waals surface area contributed by atoms with Crippen LogP contribution in [0.1, 0.15) is 11.1 Å². The van der Waals surface area contributed by atoms with E-state index in [9.17, 15) is 0 Å². The molecule has 1 heterocycles. The zero-order valence-corrected chi connectivity index (χ0v) is 12.3. The summed E-state index contributed by atoms with van der Waals surface area (Å²) in [7, 11) is 0. The molecule has 1 saturated heterocycles. The third kappa shape index (κ3) is 5.46. The van der Waals surface area contributed by atoms with Crippen molar-refractivity contribution in [2.24, 2.45) is 5.73 Å². The Morgan fingerprint density at radius 1 is 1.25 bits per heavy atom. The second-order valence-electron chi connectivity index (χ2n) is 4.62. The fraction of sp³-hybridized carbons (Fsp3) is 0.500. The van der Waals surface area contributed by atoms with Crippen LogP contribution in [0.25, 0.3) is 0 Å². The van der Waals surface area contributed by atoms with Gasteiger partial charge >= 0.3 is 0 Å². The SMILES string of the molecule is Cl.N=C(N)c1ccc(COCCN2CCOCC2)cc1. The first-order chi connectivity index (χ1) is 9.25. The van der Waals surface area contributed by atoms with Crippen LogP contribution in [0.3, 0.4) is 0 Å². The molecule has 2 rings (SSSR count). The van der Waals surface area contributed by atoms with Gasteiger partial charge in [-0.15, -0.1) is 12.4 Å². The van der Waals surface area contributed by atoms with Crippen molar-refractivity contribution in [2.75, 3.05) is 39.5 Å². The van der Waals surface area contributed by atoms with Crippen molar-refractivity contribution in [2.45, 2.75) is 6.61 Å². The van der Waals surface area contributed by atoms with Crippen LogP contribution in [0, 0.1) is 5.41 Å². The number of hydrogen-bond acceptors (Lipinski definition) is 4. The number of nitrogens with one attached hydrogen (secondary N) is 1. The van der Waals surface area contributed by atoms with Gasteiger partial charge in [0.25, 0.3) is 0 Å². The van der Waals surface area contributed by atoms with Gasteiger partial charge in [0.05, 0.1) is 26.4 Å². The van der Waals surface area contributed by atoms with E-state index in [1.807, 2.05) is 24.3 Å². The predicted octanol–water partition coefficient (Wildman–Crippen LogP) is 1.24. The topological polar surface area (TPSA) is 71.6 Å². The van der Waals surface area contributed by atoms with Crippen molar-refractivity contribution in [3.63, 3.8) is 0 Å². The van der Waals surface area contributed by atoms with E-state index in [0.29, 0.717) is 6.61 Å². The summed E-state index contributed by atoms with van der Waals surface area (Å²) >= 11 is 0. The highest BCUT2D eigenvalue weighted by Gasteiger charge is 2.09. The number of hydrogen-bond donors (Lipinski definition) is 2. The summed E-state index contributed by atoms with van der Waals surface area (Å²) in [5.74, 6) is 0.0970. The minimum Gasteiger partial charge on any atom is -0.384 e. The standard InChI is InChI=1S/C14H21N3O2.ClH/c15-14(16)13-3-1-12(2-4-13)11-19-10-7-17-5-8-18-9-6-17;/h1-4H,5-11H2,(H3,15,16);1H. The highest BCUT2D eigenvalue weighted by molar-refractivity contribution is 5.94. The first-order valence-corrected chi connectivity index (χ1v) is 6.57. The molecule has 3 N–H and O–H groups in total. The van der Waals surface area contributed by atoms with Crippen LogP contribution in [-0.4, -0.2) is 50.2 Å². The third-order valence-corrected chi connectivity index (χ3v) is 3.19. The molecule has 1 aliphatic heterocycles. The molecule has 0 spiro atoms. The highest BCUT2D eigenvalue weighted by Crippen LogP contribution is 2.05. The molecule has 0 unspecified atom stereocenters. The molecule has 1 aliphatic rings. The first-order valence-electron chi connectivity index (χ1n) is 6.57. The Morgan fingerprint density at radius 2 is 1.90 bits per heavy atom. The van der Waals surface area contributed by atoms with Gasteiger partial charge in [-0.2, -0.15) is 0 Å². The van der Waals surface area contributed by atoms with Crippen LogP contribution in [0.5, 0.6) is 0 Å². The van der Waals surface area contributed by atoms with Crippen molar-refractivity contribution in [3.05, 3.63) is 35.4 Å². The molecule has 20 heavy (non-hydrogen) atoms. The minimum atomic E-state index is 0. The van der Waals surface area contributed by atoms with E-state index in [0.717, 1.165) is 50.6 Å². The van der Waals surface area contributed by atoms with Crippen molar-refractivity contribution in [1.82, 2.24) is 4.90 Å². The average molecular weight is 300 g/mol. The molecule has 6 heteroatoms. The number of nitrogens with zero attached hydrogens (tertiary/aromatic N) is 1. The molecule has 1 aromatic rings. The van der Waals surface area contributed by atoms with Crippen LogP contribution >= 0.6 is 12.4 Å². The Balaban J connectivity index is 0.00000200. The van der Waals surface area contributed by atoms with Gasteiger partial charge in [-0.25, -0.2) is 0 Å².